The van der Waals surface area contributed by atoms with Crippen molar-refractivity contribution in [1.29, 1.82) is 0 Å². The topological polar surface area (TPSA) is 69.6 Å². The molecule has 0 saturated heterocycles. The molecule has 100 valence electrons. The monoisotopic (exact) mass is 251 g/mol. The molecule has 0 aliphatic heterocycles. The quantitative estimate of drug-likeness (QED) is 0.693. The summed E-state index contributed by atoms with van der Waals surface area (Å²) in [6.07, 6.45) is 1.43. The Morgan fingerprint density at radius 1 is 1.22 bits per heavy atom. The Kier molecular flexibility index (Phi) is 5.31. The average Bonchev–Trinajstić information content (AvgIpc) is 2.39. The zero-order valence-electron chi connectivity index (χ0n) is 10.9. The standard InChI is InChI=1S/C14H21NO3/c1-3-14(18,4-2)10-15-9-11-5-7-12(8-6-11)13(16)17/h5-8,15,18H,3-4,9-10H2,1-2H3,(H,16,17). The van der Waals surface area contributed by atoms with E-state index in [9.17, 15) is 9.90 Å². The van der Waals surface area contributed by atoms with Gasteiger partial charge in [-0.05, 0) is 30.5 Å². The Hall–Kier alpha value is -1.39. The summed E-state index contributed by atoms with van der Waals surface area (Å²) < 4.78 is 0. The van der Waals surface area contributed by atoms with Crippen LogP contribution in [0.15, 0.2) is 24.3 Å². The Balaban J connectivity index is 2.47. The number of aliphatic hydroxyl groups is 1. The number of hydrogen-bond acceptors (Lipinski definition) is 3. The lowest BCUT2D eigenvalue weighted by Crippen LogP contribution is -2.39. The van der Waals surface area contributed by atoms with Crippen LogP contribution in [-0.2, 0) is 6.54 Å². The molecule has 0 bridgehead atoms. The third-order valence-electron chi connectivity index (χ3n) is 3.30. The minimum Gasteiger partial charge on any atom is -0.478 e. The average molecular weight is 251 g/mol. The van der Waals surface area contributed by atoms with Crippen molar-refractivity contribution in [2.75, 3.05) is 6.54 Å². The molecule has 0 aromatic heterocycles. The molecule has 0 spiro atoms. The van der Waals surface area contributed by atoms with E-state index in [2.05, 4.69) is 5.32 Å². The molecule has 0 unspecified atom stereocenters. The van der Waals surface area contributed by atoms with Crippen molar-refractivity contribution < 1.29 is 15.0 Å². The van der Waals surface area contributed by atoms with Crippen molar-refractivity contribution in [3.05, 3.63) is 35.4 Å². The fourth-order valence-corrected chi connectivity index (χ4v) is 1.70. The highest BCUT2D eigenvalue weighted by Gasteiger charge is 2.20. The molecule has 1 aromatic rings. The lowest BCUT2D eigenvalue weighted by molar-refractivity contribution is 0.0323. The molecule has 0 atom stereocenters. The lowest BCUT2D eigenvalue weighted by Gasteiger charge is -2.25. The van der Waals surface area contributed by atoms with Gasteiger partial charge in [0.25, 0.3) is 0 Å². The molecular weight excluding hydrogens is 230 g/mol. The van der Waals surface area contributed by atoms with E-state index in [-0.39, 0.29) is 5.56 Å². The number of benzene rings is 1. The highest BCUT2D eigenvalue weighted by Crippen LogP contribution is 2.13. The zero-order valence-corrected chi connectivity index (χ0v) is 10.9. The molecule has 1 rings (SSSR count). The van der Waals surface area contributed by atoms with Crippen LogP contribution >= 0.6 is 0 Å². The molecule has 18 heavy (non-hydrogen) atoms. The van der Waals surface area contributed by atoms with Gasteiger partial charge in [-0.3, -0.25) is 0 Å². The summed E-state index contributed by atoms with van der Waals surface area (Å²) >= 11 is 0. The Morgan fingerprint density at radius 2 is 1.78 bits per heavy atom. The van der Waals surface area contributed by atoms with Crippen LogP contribution in [0.3, 0.4) is 0 Å². The summed E-state index contributed by atoms with van der Waals surface area (Å²) in [4.78, 5) is 10.7. The van der Waals surface area contributed by atoms with Crippen LogP contribution in [0.1, 0.15) is 42.6 Å². The van der Waals surface area contributed by atoms with Crippen molar-refractivity contribution in [3.8, 4) is 0 Å². The maximum absolute atomic E-state index is 10.7. The van der Waals surface area contributed by atoms with Gasteiger partial charge < -0.3 is 15.5 Å². The zero-order chi connectivity index (χ0) is 13.6. The van der Waals surface area contributed by atoms with E-state index in [1.165, 1.54) is 0 Å². The SMILES string of the molecule is CCC(O)(CC)CNCc1ccc(C(=O)O)cc1. The number of hydrogen-bond donors (Lipinski definition) is 3. The van der Waals surface area contributed by atoms with Gasteiger partial charge in [-0.25, -0.2) is 4.79 Å². The maximum Gasteiger partial charge on any atom is 0.335 e. The summed E-state index contributed by atoms with van der Waals surface area (Å²) in [6, 6.07) is 6.75. The van der Waals surface area contributed by atoms with E-state index in [1.54, 1.807) is 24.3 Å². The fraction of sp³-hybridized carbons (Fsp3) is 0.500. The summed E-state index contributed by atoms with van der Waals surface area (Å²) in [7, 11) is 0. The van der Waals surface area contributed by atoms with Gasteiger partial charge in [0.2, 0.25) is 0 Å². The first kappa shape index (κ1) is 14.7. The van der Waals surface area contributed by atoms with Gasteiger partial charge in [0.1, 0.15) is 0 Å². The molecular formula is C14H21NO3. The lowest BCUT2D eigenvalue weighted by atomic mass is 9.97. The van der Waals surface area contributed by atoms with Crippen molar-refractivity contribution in [2.45, 2.75) is 38.8 Å². The Bertz CT molecular complexity index is 383. The van der Waals surface area contributed by atoms with E-state index in [0.29, 0.717) is 25.9 Å². The van der Waals surface area contributed by atoms with Crippen LogP contribution in [-0.4, -0.2) is 28.3 Å². The molecule has 3 N–H and O–H groups in total. The van der Waals surface area contributed by atoms with E-state index in [0.717, 1.165) is 5.56 Å². The van der Waals surface area contributed by atoms with Gasteiger partial charge in [-0.1, -0.05) is 26.0 Å². The first-order valence-electron chi connectivity index (χ1n) is 6.26. The summed E-state index contributed by atoms with van der Waals surface area (Å²) in [5.74, 6) is -0.916. The Labute approximate surface area is 108 Å². The van der Waals surface area contributed by atoms with Gasteiger partial charge in [-0.2, -0.15) is 0 Å². The summed E-state index contributed by atoms with van der Waals surface area (Å²) in [6.45, 7) is 5.10. The van der Waals surface area contributed by atoms with Gasteiger partial charge in [-0.15, -0.1) is 0 Å². The largest absolute Gasteiger partial charge is 0.478 e. The van der Waals surface area contributed by atoms with Crippen LogP contribution < -0.4 is 5.32 Å². The predicted octanol–water partition coefficient (Wildman–Crippen LogP) is 2.03. The normalized spacial score (nSPS) is 11.5. The van der Waals surface area contributed by atoms with Crippen LogP contribution in [0.25, 0.3) is 0 Å². The minimum absolute atomic E-state index is 0.289. The van der Waals surface area contributed by atoms with Gasteiger partial charge >= 0.3 is 5.97 Å². The van der Waals surface area contributed by atoms with E-state index in [4.69, 9.17) is 5.11 Å². The van der Waals surface area contributed by atoms with Crippen LogP contribution in [0.4, 0.5) is 0 Å². The number of aromatic carboxylic acids is 1. The summed E-state index contributed by atoms with van der Waals surface area (Å²) in [5.41, 5.74) is 0.646. The first-order chi connectivity index (χ1) is 8.50. The minimum atomic E-state index is -0.916. The summed E-state index contributed by atoms with van der Waals surface area (Å²) in [5, 5.41) is 22.1. The van der Waals surface area contributed by atoms with Gasteiger partial charge in [0.05, 0.1) is 11.2 Å². The number of carboxylic acid groups (broad SMARTS) is 1. The number of carboxylic acids is 1. The highest BCUT2D eigenvalue weighted by molar-refractivity contribution is 5.87. The van der Waals surface area contributed by atoms with E-state index >= 15 is 0 Å². The molecule has 4 heteroatoms. The van der Waals surface area contributed by atoms with E-state index in [1.807, 2.05) is 13.8 Å². The molecule has 0 amide bonds. The molecule has 0 aliphatic rings. The predicted molar refractivity (Wildman–Crippen MR) is 70.6 cm³/mol. The molecule has 4 nitrogen and oxygen atoms in total. The van der Waals surface area contributed by atoms with E-state index < -0.39 is 11.6 Å². The second kappa shape index (κ2) is 6.52. The molecule has 1 aromatic carbocycles. The molecule has 0 aliphatic carbocycles. The number of nitrogens with one attached hydrogen (secondary N) is 1. The van der Waals surface area contributed by atoms with Gasteiger partial charge in [0.15, 0.2) is 0 Å². The van der Waals surface area contributed by atoms with Crippen molar-refractivity contribution in [2.24, 2.45) is 0 Å². The molecule has 0 fully saturated rings. The first-order valence-corrected chi connectivity index (χ1v) is 6.26. The molecule has 0 heterocycles. The van der Waals surface area contributed by atoms with Crippen molar-refractivity contribution >= 4 is 5.97 Å². The second-order valence-electron chi connectivity index (χ2n) is 4.54. The third-order valence-corrected chi connectivity index (χ3v) is 3.30. The van der Waals surface area contributed by atoms with Crippen LogP contribution in [0.5, 0.6) is 0 Å². The van der Waals surface area contributed by atoms with Crippen molar-refractivity contribution in [1.82, 2.24) is 5.32 Å². The Morgan fingerprint density at radius 3 is 2.22 bits per heavy atom. The van der Waals surface area contributed by atoms with Crippen molar-refractivity contribution in [3.63, 3.8) is 0 Å². The van der Waals surface area contributed by atoms with Gasteiger partial charge in [0, 0.05) is 13.1 Å². The fourth-order valence-electron chi connectivity index (χ4n) is 1.70. The van der Waals surface area contributed by atoms with Crippen LogP contribution in [0.2, 0.25) is 0 Å². The number of rotatable bonds is 7. The van der Waals surface area contributed by atoms with Crippen LogP contribution in [0, 0.1) is 0 Å². The highest BCUT2D eigenvalue weighted by atomic mass is 16.4. The maximum atomic E-state index is 10.7. The number of carbonyl (C=O) groups is 1. The molecule has 0 saturated carbocycles. The smallest absolute Gasteiger partial charge is 0.335 e. The molecule has 0 radical (unpaired) electrons. The second-order valence-corrected chi connectivity index (χ2v) is 4.54. The third kappa shape index (κ3) is 4.13.